The molecule has 0 radical (unpaired) electrons. The highest BCUT2D eigenvalue weighted by Crippen LogP contribution is 2.23. The van der Waals surface area contributed by atoms with Gasteiger partial charge in [0.2, 0.25) is 10.0 Å². The number of hydrogen-bond acceptors (Lipinski definition) is 4. The minimum atomic E-state index is -3.50. The van der Waals surface area contributed by atoms with Gasteiger partial charge in [-0.15, -0.1) is 0 Å². The van der Waals surface area contributed by atoms with Crippen molar-refractivity contribution in [3.63, 3.8) is 0 Å². The summed E-state index contributed by atoms with van der Waals surface area (Å²) in [6.07, 6.45) is 3.77. The van der Waals surface area contributed by atoms with Crippen LogP contribution in [0.5, 0.6) is 0 Å². The second-order valence-corrected chi connectivity index (χ2v) is 9.27. The Morgan fingerprint density at radius 1 is 1.06 bits per heavy atom. The maximum absolute atomic E-state index is 13.2. The third-order valence-corrected chi connectivity index (χ3v) is 7.25. The third-order valence-electron chi connectivity index (χ3n) is 5.33. The molecule has 0 unspecified atom stereocenters. The van der Waals surface area contributed by atoms with Crippen molar-refractivity contribution in [2.75, 3.05) is 18.4 Å². The van der Waals surface area contributed by atoms with Crippen LogP contribution < -0.4 is 5.32 Å². The van der Waals surface area contributed by atoms with Gasteiger partial charge in [0, 0.05) is 18.8 Å². The van der Waals surface area contributed by atoms with Gasteiger partial charge >= 0.3 is 0 Å². The van der Waals surface area contributed by atoms with E-state index < -0.39 is 10.0 Å². The van der Waals surface area contributed by atoms with Crippen molar-refractivity contribution in [3.05, 3.63) is 71.8 Å². The van der Waals surface area contributed by atoms with Gasteiger partial charge in [-0.3, -0.25) is 4.79 Å². The number of amides is 1. The smallest absolute Gasteiger partial charge is 0.259 e. The minimum absolute atomic E-state index is 0.214. The van der Waals surface area contributed by atoms with Gasteiger partial charge in [0.05, 0.1) is 28.0 Å². The van der Waals surface area contributed by atoms with E-state index in [9.17, 15) is 17.6 Å². The molecule has 3 aromatic rings. The zero-order valence-electron chi connectivity index (χ0n) is 17.1. The molecule has 1 N–H and O–H groups in total. The van der Waals surface area contributed by atoms with Crippen LogP contribution in [-0.4, -0.2) is 41.5 Å². The Balaban J connectivity index is 1.53. The van der Waals surface area contributed by atoms with Crippen LogP contribution in [0.1, 0.15) is 35.8 Å². The lowest BCUT2D eigenvalue weighted by Gasteiger charge is -2.15. The monoisotopic (exact) mass is 442 g/mol. The molecule has 31 heavy (non-hydrogen) atoms. The Morgan fingerprint density at radius 2 is 1.71 bits per heavy atom. The normalized spacial score (nSPS) is 14.6. The minimum Gasteiger partial charge on any atom is -0.322 e. The summed E-state index contributed by atoms with van der Waals surface area (Å²) in [6.45, 7) is 2.99. The molecule has 0 atom stereocenters. The van der Waals surface area contributed by atoms with E-state index in [-0.39, 0.29) is 16.6 Å². The second-order valence-electron chi connectivity index (χ2n) is 7.34. The van der Waals surface area contributed by atoms with Crippen molar-refractivity contribution in [1.82, 2.24) is 14.1 Å². The summed E-state index contributed by atoms with van der Waals surface area (Å²) >= 11 is 0. The number of anilines is 1. The summed E-state index contributed by atoms with van der Waals surface area (Å²) < 4.78 is 41.6. The number of carbonyl (C=O) groups is 1. The van der Waals surface area contributed by atoms with Crippen LogP contribution in [0.3, 0.4) is 0 Å². The van der Waals surface area contributed by atoms with Gasteiger partial charge in [-0.05, 0) is 67.8 Å². The lowest BCUT2D eigenvalue weighted by molar-refractivity contribution is 0.102. The van der Waals surface area contributed by atoms with Crippen molar-refractivity contribution >= 4 is 21.6 Å². The Labute approximate surface area is 180 Å². The lowest BCUT2D eigenvalue weighted by atomic mass is 10.2. The third kappa shape index (κ3) is 4.24. The van der Waals surface area contributed by atoms with Crippen LogP contribution >= 0.6 is 0 Å². The molecular formula is C22H23FN4O3S. The number of aromatic nitrogens is 2. The van der Waals surface area contributed by atoms with Crippen molar-refractivity contribution in [3.8, 4) is 5.69 Å². The first-order valence-electron chi connectivity index (χ1n) is 10.1. The van der Waals surface area contributed by atoms with Crippen LogP contribution in [0, 0.1) is 5.82 Å². The molecule has 9 heteroatoms. The lowest BCUT2D eigenvalue weighted by Crippen LogP contribution is -2.27. The number of nitrogens with zero attached hydrogens (tertiary/aromatic N) is 3. The predicted octanol–water partition coefficient (Wildman–Crippen LogP) is 3.61. The second kappa shape index (κ2) is 8.60. The van der Waals surface area contributed by atoms with Gasteiger partial charge in [0.25, 0.3) is 5.91 Å². The first-order valence-corrected chi connectivity index (χ1v) is 11.6. The molecule has 7 nitrogen and oxygen atoms in total. The molecule has 1 aliphatic heterocycles. The van der Waals surface area contributed by atoms with E-state index >= 15 is 0 Å². The molecule has 1 saturated heterocycles. The molecule has 0 spiro atoms. The summed E-state index contributed by atoms with van der Waals surface area (Å²) in [5.41, 5.74) is 2.24. The van der Waals surface area contributed by atoms with Crippen molar-refractivity contribution in [2.24, 2.45) is 0 Å². The van der Waals surface area contributed by atoms with Gasteiger partial charge < -0.3 is 5.32 Å². The fourth-order valence-electron chi connectivity index (χ4n) is 3.69. The number of nitrogens with one attached hydrogen (secondary N) is 1. The molecule has 4 rings (SSSR count). The summed E-state index contributed by atoms with van der Waals surface area (Å²) in [7, 11) is -3.50. The van der Waals surface area contributed by atoms with Gasteiger partial charge in [0.1, 0.15) is 5.82 Å². The van der Waals surface area contributed by atoms with Crippen LogP contribution in [0.2, 0.25) is 0 Å². The van der Waals surface area contributed by atoms with E-state index in [1.54, 1.807) is 28.9 Å². The summed E-state index contributed by atoms with van der Waals surface area (Å²) in [4.78, 5) is 13.0. The van der Waals surface area contributed by atoms with Crippen LogP contribution in [0.25, 0.3) is 5.69 Å². The molecule has 2 heterocycles. The van der Waals surface area contributed by atoms with E-state index in [0.29, 0.717) is 42.1 Å². The van der Waals surface area contributed by atoms with Crippen LogP contribution in [0.15, 0.2) is 59.6 Å². The fraction of sp³-hybridized carbons (Fsp3) is 0.273. The van der Waals surface area contributed by atoms with Crippen molar-refractivity contribution in [1.29, 1.82) is 0 Å². The Hall–Kier alpha value is -3.04. The fourth-order valence-corrected chi connectivity index (χ4v) is 5.21. The van der Waals surface area contributed by atoms with Gasteiger partial charge in [-0.25, -0.2) is 17.5 Å². The Kier molecular flexibility index (Phi) is 5.88. The van der Waals surface area contributed by atoms with Crippen molar-refractivity contribution < 1.29 is 17.6 Å². The van der Waals surface area contributed by atoms with E-state index in [2.05, 4.69) is 10.4 Å². The molecule has 2 aromatic carbocycles. The Bertz CT molecular complexity index is 1180. The quantitative estimate of drug-likeness (QED) is 0.632. The summed E-state index contributed by atoms with van der Waals surface area (Å²) in [5, 5.41) is 7.08. The number of hydrogen-bond donors (Lipinski definition) is 1. The summed E-state index contributed by atoms with van der Waals surface area (Å²) in [6, 6.07) is 12.1. The molecule has 0 aliphatic carbocycles. The van der Waals surface area contributed by atoms with Gasteiger partial charge in [0.15, 0.2) is 0 Å². The zero-order chi connectivity index (χ0) is 22.0. The molecular weight excluding hydrogens is 419 g/mol. The molecule has 1 aliphatic rings. The topological polar surface area (TPSA) is 84.3 Å². The van der Waals surface area contributed by atoms with E-state index in [1.165, 1.54) is 34.8 Å². The first-order chi connectivity index (χ1) is 14.9. The standard InChI is InChI=1S/C22H23FN4O3S/c1-2-21-20(15-24-27(21)18-9-5-16(23)6-10-18)22(28)25-17-7-11-19(12-8-17)31(29,30)26-13-3-4-14-26/h5-12,15H,2-4,13-14H2,1H3,(H,25,28). The molecule has 0 bridgehead atoms. The average Bonchev–Trinajstić information content (AvgIpc) is 3.45. The number of carbonyl (C=O) groups excluding carboxylic acids is 1. The maximum atomic E-state index is 13.2. The number of benzene rings is 2. The summed E-state index contributed by atoms with van der Waals surface area (Å²) in [5.74, 6) is -0.692. The molecule has 1 amide bonds. The molecule has 1 fully saturated rings. The number of rotatable bonds is 6. The SMILES string of the molecule is CCc1c(C(=O)Nc2ccc(S(=O)(=O)N3CCCC3)cc2)cnn1-c1ccc(F)cc1. The van der Waals surface area contributed by atoms with Crippen LogP contribution in [-0.2, 0) is 16.4 Å². The largest absolute Gasteiger partial charge is 0.322 e. The van der Waals surface area contributed by atoms with Gasteiger partial charge in [-0.2, -0.15) is 9.40 Å². The molecule has 1 aromatic heterocycles. The molecule has 162 valence electrons. The average molecular weight is 443 g/mol. The zero-order valence-corrected chi connectivity index (χ0v) is 17.9. The highest BCUT2D eigenvalue weighted by atomic mass is 32.2. The maximum Gasteiger partial charge on any atom is 0.259 e. The number of halogens is 1. The highest BCUT2D eigenvalue weighted by molar-refractivity contribution is 7.89. The van der Waals surface area contributed by atoms with E-state index in [4.69, 9.17) is 0 Å². The van der Waals surface area contributed by atoms with Gasteiger partial charge in [-0.1, -0.05) is 6.92 Å². The predicted molar refractivity (Wildman–Crippen MR) is 115 cm³/mol. The molecule has 0 saturated carbocycles. The van der Waals surface area contributed by atoms with E-state index in [1.807, 2.05) is 6.92 Å². The number of sulfonamides is 1. The first kappa shape index (κ1) is 21.2. The van der Waals surface area contributed by atoms with Crippen LogP contribution in [0.4, 0.5) is 10.1 Å². The van der Waals surface area contributed by atoms with E-state index in [0.717, 1.165) is 12.8 Å². The highest BCUT2D eigenvalue weighted by Gasteiger charge is 2.27. The Morgan fingerprint density at radius 3 is 2.32 bits per heavy atom. The van der Waals surface area contributed by atoms with Crippen molar-refractivity contribution in [2.45, 2.75) is 31.1 Å².